The number of nitrogens with one attached hydrogen (secondary N) is 1. The van der Waals surface area contributed by atoms with Crippen molar-refractivity contribution in [3.63, 3.8) is 0 Å². The van der Waals surface area contributed by atoms with Crippen LogP contribution in [-0.2, 0) is 4.74 Å². The molecule has 0 aliphatic heterocycles. The summed E-state index contributed by atoms with van der Waals surface area (Å²) in [5, 5.41) is 2.88. The molecule has 1 atom stereocenters. The van der Waals surface area contributed by atoms with Crippen molar-refractivity contribution in [2.24, 2.45) is 0 Å². The minimum Gasteiger partial charge on any atom is -0.393 e. The first-order valence-electron chi connectivity index (χ1n) is 5.07. The molecule has 0 aliphatic rings. The third kappa shape index (κ3) is 6.71. The number of nitrogens with two attached hydrogens (primary N) is 2. The lowest BCUT2D eigenvalue weighted by Crippen LogP contribution is -2.22. The molecular weight excluding hydrogens is 293 g/mol. The minimum absolute atomic E-state index is 0. The van der Waals surface area contributed by atoms with Crippen LogP contribution in [0.2, 0.25) is 0 Å². The van der Waals surface area contributed by atoms with Crippen LogP contribution >= 0.6 is 21.4 Å². The van der Waals surface area contributed by atoms with Crippen LogP contribution in [0.4, 0.5) is 17.3 Å². The molecule has 1 heterocycles. The zero-order chi connectivity index (χ0) is 13.8. The summed E-state index contributed by atoms with van der Waals surface area (Å²) in [5.41, 5.74) is 11.4. The Morgan fingerprint density at radius 1 is 1.37 bits per heavy atom. The highest BCUT2D eigenvalue weighted by Gasteiger charge is 2.30. The minimum atomic E-state index is -3.90. The fraction of sp³-hybridized carbons (Fsp3) is 0.500. The Hall–Kier alpha value is -0.900. The maximum Gasteiger partial charge on any atom is 0.431 e. The molecule has 0 spiro atoms. The van der Waals surface area contributed by atoms with E-state index in [2.05, 4.69) is 15.3 Å². The Morgan fingerprint density at radius 2 is 2.00 bits per heavy atom. The van der Waals surface area contributed by atoms with Gasteiger partial charge in [-0.15, -0.1) is 0 Å². The summed E-state index contributed by atoms with van der Waals surface area (Å²) in [4.78, 5) is 33.9. The molecular formula is C8H19N5O4PS+. The van der Waals surface area contributed by atoms with Crippen molar-refractivity contribution >= 4 is 38.8 Å². The maximum atomic E-state index is 8.75. The highest BCUT2D eigenvalue weighted by Crippen LogP contribution is 2.44. The number of nitrogen functional groups attached to an aromatic ring is 2. The van der Waals surface area contributed by atoms with E-state index in [1.807, 2.05) is 0 Å². The second-order valence-electron chi connectivity index (χ2n) is 3.70. The van der Waals surface area contributed by atoms with Gasteiger partial charge in [0.05, 0.1) is 6.10 Å². The van der Waals surface area contributed by atoms with Crippen molar-refractivity contribution in [3.05, 3.63) is 6.33 Å². The molecule has 0 radical (unpaired) electrons. The fourth-order valence-electron chi connectivity index (χ4n) is 1.08. The van der Waals surface area contributed by atoms with Gasteiger partial charge < -0.3 is 21.5 Å². The van der Waals surface area contributed by atoms with Gasteiger partial charge >= 0.3 is 7.94 Å². The Balaban J connectivity index is 0.00000324. The van der Waals surface area contributed by atoms with E-state index in [0.717, 1.165) is 0 Å². The molecule has 0 bridgehead atoms. The highest BCUT2D eigenvalue weighted by molar-refractivity contribution is 7.59. The molecule has 19 heavy (non-hydrogen) atoms. The van der Waals surface area contributed by atoms with E-state index in [9.17, 15) is 0 Å². The predicted octanol–water partition coefficient (Wildman–Crippen LogP) is -0.732. The average molecular weight is 312 g/mol. The van der Waals surface area contributed by atoms with Gasteiger partial charge in [0.15, 0.2) is 11.6 Å². The Morgan fingerprint density at radius 3 is 2.58 bits per heavy atom. The topological polar surface area (TPSA) is 160 Å². The molecule has 1 unspecified atom stereocenters. The van der Waals surface area contributed by atoms with Gasteiger partial charge in [0.2, 0.25) is 6.35 Å². The molecule has 0 fully saturated rings. The summed E-state index contributed by atoms with van der Waals surface area (Å²) >= 11 is 0. The van der Waals surface area contributed by atoms with Crippen LogP contribution in [-0.4, -0.2) is 43.6 Å². The van der Waals surface area contributed by atoms with Crippen molar-refractivity contribution < 1.29 is 19.4 Å². The molecule has 1 rings (SSSR count). The zero-order valence-electron chi connectivity index (χ0n) is 10.3. The lowest BCUT2D eigenvalue weighted by atomic mass is 10.4. The molecule has 1 aromatic rings. The number of ether oxygens (including phenoxy) is 1. The average Bonchev–Trinajstić information content (AvgIpc) is 2.27. The van der Waals surface area contributed by atoms with Crippen molar-refractivity contribution in [1.82, 2.24) is 9.97 Å². The SMILES string of the molecule is CC(CNc1ncnc(N)c1N)OC[P+](O)(O)O.S. The van der Waals surface area contributed by atoms with E-state index >= 15 is 0 Å². The molecule has 1 aromatic heterocycles. The van der Waals surface area contributed by atoms with Crippen LogP contribution in [0.3, 0.4) is 0 Å². The van der Waals surface area contributed by atoms with Gasteiger partial charge in [0.25, 0.3) is 0 Å². The van der Waals surface area contributed by atoms with Crippen molar-refractivity contribution in [2.45, 2.75) is 13.0 Å². The normalized spacial score (nSPS) is 12.6. The first-order chi connectivity index (χ1) is 8.29. The molecule has 9 nitrogen and oxygen atoms in total. The number of hydrogen-bond acceptors (Lipinski definition) is 9. The van der Waals surface area contributed by atoms with Gasteiger partial charge in [0, 0.05) is 6.54 Å². The van der Waals surface area contributed by atoms with E-state index in [0.29, 0.717) is 12.4 Å². The van der Waals surface area contributed by atoms with Gasteiger partial charge in [-0.25, -0.2) is 9.97 Å². The maximum absolute atomic E-state index is 8.75. The van der Waals surface area contributed by atoms with Gasteiger partial charge in [-0.1, -0.05) is 0 Å². The van der Waals surface area contributed by atoms with E-state index < -0.39 is 14.3 Å². The van der Waals surface area contributed by atoms with Crippen molar-refractivity contribution in [1.29, 1.82) is 0 Å². The summed E-state index contributed by atoms with van der Waals surface area (Å²) in [6, 6.07) is 0. The lowest BCUT2D eigenvalue weighted by molar-refractivity contribution is 0.0910. The van der Waals surface area contributed by atoms with Crippen LogP contribution < -0.4 is 16.8 Å². The molecule has 0 saturated carbocycles. The monoisotopic (exact) mass is 312 g/mol. The summed E-state index contributed by atoms with van der Waals surface area (Å²) < 4.78 is 5.02. The Labute approximate surface area is 118 Å². The predicted molar refractivity (Wildman–Crippen MR) is 78.7 cm³/mol. The highest BCUT2D eigenvalue weighted by atomic mass is 32.1. The molecule has 110 valence electrons. The lowest BCUT2D eigenvalue weighted by Gasteiger charge is -2.15. The Kier molecular flexibility index (Phi) is 7.27. The molecule has 0 aromatic carbocycles. The van der Waals surface area contributed by atoms with Crippen molar-refractivity contribution in [2.75, 3.05) is 29.7 Å². The summed E-state index contributed by atoms with van der Waals surface area (Å²) in [5.74, 6) is 0.545. The molecule has 0 amide bonds. The van der Waals surface area contributed by atoms with E-state index in [4.69, 9.17) is 30.9 Å². The summed E-state index contributed by atoms with van der Waals surface area (Å²) in [6.45, 7) is 1.99. The number of anilines is 3. The number of hydrogen-bond donors (Lipinski definition) is 6. The molecule has 11 heteroatoms. The third-order valence-corrected chi connectivity index (χ3v) is 2.50. The van der Waals surface area contributed by atoms with Gasteiger partial charge in [0.1, 0.15) is 12.0 Å². The zero-order valence-corrected chi connectivity index (χ0v) is 12.2. The van der Waals surface area contributed by atoms with E-state index in [1.54, 1.807) is 6.92 Å². The fourth-order valence-corrected chi connectivity index (χ4v) is 1.53. The van der Waals surface area contributed by atoms with Crippen LogP contribution in [0.5, 0.6) is 0 Å². The first kappa shape index (κ1) is 18.1. The van der Waals surface area contributed by atoms with Crippen molar-refractivity contribution in [3.8, 4) is 0 Å². The largest absolute Gasteiger partial charge is 0.431 e. The number of aromatic nitrogens is 2. The second kappa shape index (κ2) is 7.63. The van der Waals surface area contributed by atoms with Gasteiger partial charge in [-0.3, -0.25) is 0 Å². The van der Waals surface area contributed by atoms with Gasteiger partial charge in [-0.05, 0) is 6.92 Å². The standard InChI is InChI=1S/C8H17N5O4P.H2S/c1-5(17-4-18(14,15)16)2-11-8-6(9)7(10)12-3-13-8;/h3,5,14-16H,2,4,9H2,1H3,(H3,10,11,12,13);1H2/q+1;. The number of rotatable bonds is 6. The second-order valence-corrected chi connectivity index (χ2v) is 5.34. The van der Waals surface area contributed by atoms with Crippen LogP contribution in [0.15, 0.2) is 6.33 Å². The van der Waals surface area contributed by atoms with E-state index in [1.165, 1.54) is 6.33 Å². The first-order valence-corrected chi connectivity index (χ1v) is 6.90. The third-order valence-electron chi connectivity index (χ3n) is 2.00. The van der Waals surface area contributed by atoms with Gasteiger partial charge in [-0.2, -0.15) is 28.2 Å². The Bertz CT molecular complexity index is 405. The number of nitrogens with zero attached hydrogens (tertiary/aromatic N) is 2. The molecule has 0 saturated heterocycles. The quantitative estimate of drug-likeness (QED) is 0.372. The van der Waals surface area contributed by atoms with Crippen LogP contribution in [0, 0.1) is 0 Å². The summed E-state index contributed by atoms with van der Waals surface area (Å²) in [7, 11) is -3.90. The van der Waals surface area contributed by atoms with E-state index in [-0.39, 0.29) is 31.1 Å². The van der Waals surface area contributed by atoms with Crippen LogP contribution in [0.25, 0.3) is 0 Å². The molecule has 0 aliphatic carbocycles. The smallest absolute Gasteiger partial charge is 0.393 e. The van der Waals surface area contributed by atoms with Crippen LogP contribution in [0.1, 0.15) is 6.92 Å². The summed E-state index contributed by atoms with van der Waals surface area (Å²) in [6.07, 6.45) is 0.370. The molecule has 8 N–H and O–H groups in total.